The lowest BCUT2D eigenvalue weighted by atomic mass is 9.70. The molecule has 0 aromatic carbocycles. The molecule has 0 spiro atoms. The minimum atomic E-state index is -0.978. The van der Waals surface area contributed by atoms with Crippen LogP contribution in [0.15, 0.2) is 41.9 Å². The number of carbonyl (C=O) groups excluding carboxylic acids is 2. The van der Waals surface area contributed by atoms with Crippen molar-refractivity contribution in [3.63, 3.8) is 0 Å². The predicted octanol–water partition coefficient (Wildman–Crippen LogP) is 3.41. The molecule has 3 amide bonds. The molecule has 10 heteroatoms. The van der Waals surface area contributed by atoms with Crippen molar-refractivity contribution in [3.8, 4) is 6.07 Å². The van der Waals surface area contributed by atoms with Gasteiger partial charge in [0.1, 0.15) is 11.2 Å². The van der Waals surface area contributed by atoms with Gasteiger partial charge in [0.2, 0.25) is 5.91 Å². The van der Waals surface area contributed by atoms with Gasteiger partial charge in [0.05, 0.1) is 23.9 Å². The summed E-state index contributed by atoms with van der Waals surface area (Å²) < 4.78 is 0. The summed E-state index contributed by atoms with van der Waals surface area (Å²) in [5.41, 5.74) is 0.584. The standard InChI is InChI=1S/C28H38N8O2/c1-3-31-27(38)34-25(22-18-30-14-15-33-22)24(26(37)35-28(19-29)11-16-36(2)17-12-28)23(21-10-7-13-32-21)20-8-5-4-6-9-20/h7,10,13-15,18,20,23-24,32H,3-6,8-9,11-12,16-17H2,1-2H3,(H,31,38)(H,35,37). The Balaban J connectivity index is 1.84. The van der Waals surface area contributed by atoms with Gasteiger partial charge in [-0.05, 0) is 57.7 Å². The molecule has 202 valence electrons. The molecule has 1 aliphatic heterocycles. The minimum Gasteiger partial charge on any atom is -0.365 e. The summed E-state index contributed by atoms with van der Waals surface area (Å²) in [5.74, 6) is -1.23. The molecule has 1 saturated carbocycles. The van der Waals surface area contributed by atoms with Crippen molar-refractivity contribution in [2.75, 3.05) is 26.7 Å². The van der Waals surface area contributed by atoms with Crippen LogP contribution in [0.4, 0.5) is 4.79 Å². The molecule has 0 bridgehead atoms. The highest BCUT2D eigenvalue weighted by Gasteiger charge is 2.44. The van der Waals surface area contributed by atoms with Crippen LogP contribution in [0, 0.1) is 23.2 Å². The number of aliphatic imine (C=N–C) groups is 1. The lowest BCUT2D eigenvalue weighted by Gasteiger charge is -2.39. The first-order valence-electron chi connectivity index (χ1n) is 13.6. The third kappa shape index (κ3) is 6.45. The number of amides is 3. The smallest absolute Gasteiger partial charge is 0.341 e. The summed E-state index contributed by atoms with van der Waals surface area (Å²) in [7, 11) is 2.02. The maximum atomic E-state index is 14.4. The Bertz CT molecular complexity index is 1130. The average molecular weight is 519 g/mol. The third-order valence-corrected chi connectivity index (χ3v) is 7.87. The van der Waals surface area contributed by atoms with Crippen LogP contribution in [-0.4, -0.2) is 69.7 Å². The maximum absolute atomic E-state index is 14.4. The van der Waals surface area contributed by atoms with Gasteiger partial charge in [0, 0.05) is 49.8 Å². The maximum Gasteiger partial charge on any atom is 0.341 e. The Labute approximate surface area is 224 Å². The second-order valence-corrected chi connectivity index (χ2v) is 10.4. The molecule has 1 aliphatic carbocycles. The van der Waals surface area contributed by atoms with Crippen molar-refractivity contribution in [2.24, 2.45) is 16.8 Å². The number of hydrogen-bond donors (Lipinski definition) is 3. The summed E-state index contributed by atoms with van der Waals surface area (Å²) in [5, 5.41) is 16.1. The van der Waals surface area contributed by atoms with Crippen molar-refractivity contribution in [3.05, 3.63) is 48.3 Å². The van der Waals surface area contributed by atoms with Crippen molar-refractivity contribution < 1.29 is 9.59 Å². The normalized spacial score (nSPS) is 20.2. The van der Waals surface area contributed by atoms with Crippen molar-refractivity contribution >= 4 is 17.6 Å². The van der Waals surface area contributed by atoms with E-state index in [4.69, 9.17) is 0 Å². The van der Waals surface area contributed by atoms with Crippen molar-refractivity contribution in [2.45, 2.75) is 63.3 Å². The van der Waals surface area contributed by atoms with E-state index in [0.717, 1.165) is 31.4 Å². The molecule has 2 aliphatic rings. The number of piperidine rings is 1. The largest absolute Gasteiger partial charge is 0.365 e. The number of aromatic amines is 1. The summed E-state index contributed by atoms with van der Waals surface area (Å²) in [6.07, 6.45) is 12.8. The highest BCUT2D eigenvalue weighted by Crippen LogP contribution is 2.42. The molecule has 2 aromatic rings. The number of likely N-dealkylation sites (tertiary alicyclic amines) is 1. The van der Waals surface area contributed by atoms with Crippen LogP contribution in [0.25, 0.3) is 0 Å². The van der Waals surface area contributed by atoms with E-state index >= 15 is 0 Å². The van der Waals surface area contributed by atoms with Gasteiger partial charge in [-0.3, -0.25) is 14.8 Å². The van der Waals surface area contributed by atoms with Crippen LogP contribution in [-0.2, 0) is 4.79 Å². The van der Waals surface area contributed by atoms with Crippen molar-refractivity contribution in [1.82, 2.24) is 30.5 Å². The van der Waals surface area contributed by atoms with E-state index in [1.165, 1.54) is 12.6 Å². The highest BCUT2D eigenvalue weighted by atomic mass is 16.2. The van der Waals surface area contributed by atoms with Crippen LogP contribution in [0.3, 0.4) is 0 Å². The van der Waals surface area contributed by atoms with Crippen LogP contribution in [0.2, 0.25) is 0 Å². The Morgan fingerprint density at radius 3 is 2.63 bits per heavy atom. The zero-order valence-electron chi connectivity index (χ0n) is 22.3. The van der Waals surface area contributed by atoms with Gasteiger partial charge in [0.15, 0.2) is 0 Å². The van der Waals surface area contributed by atoms with Crippen LogP contribution in [0.1, 0.15) is 69.2 Å². The van der Waals surface area contributed by atoms with E-state index < -0.39 is 17.5 Å². The zero-order chi connectivity index (χ0) is 27.0. The topological polar surface area (TPSA) is 139 Å². The average Bonchev–Trinajstić information content (AvgIpc) is 3.47. The third-order valence-electron chi connectivity index (χ3n) is 7.87. The molecule has 2 aromatic heterocycles. The molecule has 10 nitrogen and oxygen atoms in total. The molecule has 3 heterocycles. The molecule has 0 radical (unpaired) electrons. The van der Waals surface area contributed by atoms with Gasteiger partial charge in [-0.25, -0.2) is 4.79 Å². The highest BCUT2D eigenvalue weighted by molar-refractivity contribution is 6.16. The Kier molecular flexibility index (Phi) is 9.24. The number of nitrogens with one attached hydrogen (secondary N) is 3. The first-order chi connectivity index (χ1) is 18.5. The Morgan fingerprint density at radius 2 is 2.03 bits per heavy atom. The van der Waals surface area contributed by atoms with E-state index in [2.05, 4.69) is 41.5 Å². The zero-order valence-corrected chi connectivity index (χ0v) is 22.3. The van der Waals surface area contributed by atoms with E-state index in [1.54, 1.807) is 12.4 Å². The minimum absolute atomic E-state index is 0.199. The van der Waals surface area contributed by atoms with E-state index in [1.807, 2.05) is 32.3 Å². The lowest BCUT2D eigenvalue weighted by molar-refractivity contribution is -0.126. The predicted molar refractivity (Wildman–Crippen MR) is 144 cm³/mol. The molecule has 1 saturated heterocycles. The summed E-state index contributed by atoms with van der Waals surface area (Å²) >= 11 is 0. The molecule has 38 heavy (non-hydrogen) atoms. The van der Waals surface area contributed by atoms with Gasteiger partial charge in [-0.2, -0.15) is 10.3 Å². The summed E-state index contributed by atoms with van der Waals surface area (Å²) in [6.45, 7) is 3.65. The molecule has 4 rings (SSSR count). The second kappa shape index (κ2) is 12.8. The van der Waals surface area contributed by atoms with E-state index in [-0.39, 0.29) is 23.5 Å². The molecular weight excluding hydrogens is 480 g/mol. The van der Waals surface area contributed by atoms with Gasteiger partial charge in [0.25, 0.3) is 0 Å². The quantitative estimate of drug-likeness (QED) is 0.458. The van der Waals surface area contributed by atoms with E-state index in [9.17, 15) is 14.9 Å². The second-order valence-electron chi connectivity index (χ2n) is 10.4. The SMILES string of the molecule is CCNC(=O)N=C(c1cnccn1)C(C(=O)NC1(C#N)CCN(C)CC1)C(c1ccc[nH]1)C1CCCCC1. The van der Waals surface area contributed by atoms with Gasteiger partial charge in [-0.1, -0.05) is 19.3 Å². The monoisotopic (exact) mass is 518 g/mol. The molecule has 2 atom stereocenters. The first-order valence-corrected chi connectivity index (χ1v) is 13.6. The van der Waals surface area contributed by atoms with Crippen LogP contribution in [0.5, 0.6) is 0 Å². The number of H-pyrrole nitrogens is 1. The number of urea groups is 1. The van der Waals surface area contributed by atoms with Gasteiger partial charge >= 0.3 is 6.03 Å². The Hall–Kier alpha value is -3.58. The van der Waals surface area contributed by atoms with Gasteiger partial charge < -0.3 is 20.5 Å². The first kappa shape index (κ1) is 27.5. The molecule has 2 fully saturated rings. The fraction of sp³-hybridized carbons (Fsp3) is 0.571. The van der Waals surface area contributed by atoms with Crippen LogP contribution < -0.4 is 10.6 Å². The van der Waals surface area contributed by atoms with Crippen LogP contribution >= 0.6 is 0 Å². The number of hydrogen-bond acceptors (Lipinski definition) is 6. The lowest BCUT2D eigenvalue weighted by Crippen LogP contribution is -2.57. The van der Waals surface area contributed by atoms with E-state index in [0.29, 0.717) is 38.2 Å². The number of nitriles is 1. The Morgan fingerprint density at radius 1 is 1.26 bits per heavy atom. The number of aromatic nitrogens is 3. The fourth-order valence-electron chi connectivity index (χ4n) is 5.80. The molecular formula is C28H38N8O2. The molecule has 3 N–H and O–H groups in total. The van der Waals surface area contributed by atoms with Gasteiger partial charge in [-0.15, -0.1) is 0 Å². The summed E-state index contributed by atoms with van der Waals surface area (Å²) in [4.78, 5) is 45.9. The summed E-state index contributed by atoms with van der Waals surface area (Å²) in [6, 6.07) is 5.79. The number of carbonyl (C=O) groups is 2. The van der Waals surface area contributed by atoms with Crippen molar-refractivity contribution in [1.29, 1.82) is 5.26 Å². The molecule has 2 unspecified atom stereocenters. The fourth-order valence-corrected chi connectivity index (χ4v) is 5.80. The number of rotatable bonds is 8. The number of nitrogens with zero attached hydrogens (tertiary/aromatic N) is 5.